The minimum Gasteiger partial charge on any atom is -0.439 e. The van der Waals surface area contributed by atoms with Crippen LogP contribution in [0.25, 0.3) is 5.69 Å². The van der Waals surface area contributed by atoms with Crippen LogP contribution in [0.3, 0.4) is 0 Å². The van der Waals surface area contributed by atoms with Gasteiger partial charge in [0.15, 0.2) is 5.69 Å². The molecule has 0 saturated carbocycles. The average Bonchev–Trinajstić information content (AvgIpc) is 3.48. The summed E-state index contributed by atoms with van der Waals surface area (Å²) < 4.78 is 7.94. The smallest absolute Gasteiger partial charge is 0.274 e. The largest absolute Gasteiger partial charge is 0.439 e. The van der Waals surface area contributed by atoms with Gasteiger partial charge in [-0.3, -0.25) is 4.79 Å². The Morgan fingerprint density at radius 3 is 2.42 bits per heavy atom. The molecule has 1 fully saturated rings. The summed E-state index contributed by atoms with van der Waals surface area (Å²) in [6, 6.07) is 13.9. The molecule has 0 spiro atoms. The first kappa shape index (κ1) is 23.6. The summed E-state index contributed by atoms with van der Waals surface area (Å²) >= 11 is 12.6. The summed E-state index contributed by atoms with van der Waals surface area (Å²) in [6.45, 7) is 5.56. The average molecular weight is 487 g/mol. The summed E-state index contributed by atoms with van der Waals surface area (Å²) in [5, 5.41) is 5.84. The van der Waals surface area contributed by atoms with E-state index in [-0.39, 0.29) is 11.8 Å². The molecule has 2 unspecified atom stereocenters. The molecule has 1 aliphatic heterocycles. The Hall–Kier alpha value is -2.54. The van der Waals surface area contributed by atoms with Gasteiger partial charge < -0.3 is 15.4 Å². The lowest BCUT2D eigenvalue weighted by Crippen LogP contribution is -2.30. The molecule has 2 aromatic carbocycles. The van der Waals surface area contributed by atoms with Crippen LogP contribution < -0.4 is 10.5 Å². The summed E-state index contributed by atoms with van der Waals surface area (Å²) in [5.41, 5.74) is 8.26. The van der Waals surface area contributed by atoms with Crippen molar-refractivity contribution in [1.29, 1.82) is 0 Å². The van der Waals surface area contributed by atoms with Gasteiger partial charge in [-0.2, -0.15) is 9.78 Å². The van der Waals surface area contributed by atoms with Gasteiger partial charge in [0.25, 0.3) is 5.91 Å². The summed E-state index contributed by atoms with van der Waals surface area (Å²) in [7, 11) is 0. The van der Waals surface area contributed by atoms with Gasteiger partial charge in [-0.15, -0.1) is 0 Å². The van der Waals surface area contributed by atoms with Crippen molar-refractivity contribution in [2.45, 2.75) is 39.2 Å². The van der Waals surface area contributed by atoms with E-state index in [0.717, 1.165) is 19.3 Å². The van der Waals surface area contributed by atoms with Crippen LogP contribution in [0.1, 0.15) is 55.2 Å². The van der Waals surface area contributed by atoms with Crippen molar-refractivity contribution in [1.82, 2.24) is 14.7 Å². The zero-order valence-electron chi connectivity index (χ0n) is 18.8. The monoisotopic (exact) mass is 486 g/mol. The molecular formula is C25H28Cl2N4O2. The molecule has 33 heavy (non-hydrogen) atoms. The number of halogens is 2. The Morgan fingerprint density at radius 1 is 1.12 bits per heavy atom. The number of amides is 1. The van der Waals surface area contributed by atoms with Crippen molar-refractivity contribution in [2.24, 2.45) is 11.7 Å². The number of carbonyl (C=O) groups is 1. The molecule has 0 bridgehead atoms. The molecule has 0 radical (unpaired) electrons. The fourth-order valence-electron chi connectivity index (χ4n) is 3.98. The molecule has 1 amide bonds. The Kier molecular flexibility index (Phi) is 7.27. The van der Waals surface area contributed by atoms with Crippen molar-refractivity contribution in [3.63, 3.8) is 0 Å². The number of likely N-dealkylation sites (tertiary alicyclic amines) is 1. The second kappa shape index (κ2) is 10.2. The van der Waals surface area contributed by atoms with Gasteiger partial charge in [0.1, 0.15) is 5.75 Å². The Bertz CT molecular complexity index is 1120. The molecule has 4 rings (SSSR count). The molecule has 1 saturated heterocycles. The Morgan fingerprint density at radius 2 is 1.79 bits per heavy atom. The fourth-order valence-corrected chi connectivity index (χ4v) is 4.32. The molecule has 174 valence electrons. The van der Waals surface area contributed by atoms with Gasteiger partial charge in [-0.1, -0.05) is 55.6 Å². The molecule has 1 aliphatic rings. The van der Waals surface area contributed by atoms with E-state index < -0.39 is 6.04 Å². The number of hydrogen-bond donors (Lipinski definition) is 1. The topological polar surface area (TPSA) is 73.4 Å². The number of aromatic nitrogens is 2. The zero-order valence-corrected chi connectivity index (χ0v) is 20.3. The van der Waals surface area contributed by atoms with E-state index in [1.807, 2.05) is 23.1 Å². The van der Waals surface area contributed by atoms with E-state index in [0.29, 0.717) is 51.7 Å². The highest BCUT2D eigenvalue weighted by Crippen LogP contribution is 2.39. The van der Waals surface area contributed by atoms with Gasteiger partial charge in [-0.05, 0) is 55.2 Å². The molecule has 0 aliphatic carbocycles. The van der Waals surface area contributed by atoms with Crippen molar-refractivity contribution >= 4 is 29.1 Å². The lowest BCUT2D eigenvalue weighted by atomic mass is 9.93. The zero-order chi connectivity index (χ0) is 23.5. The molecule has 2 N–H and O–H groups in total. The molecule has 1 aromatic heterocycles. The number of rotatable bonds is 7. The molecule has 2 atom stereocenters. The number of hydrogen-bond acceptors (Lipinski definition) is 4. The number of para-hydroxylation sites is 1. The first-order valence-corrected chi connectivity index (χ1v) is 12.0. The molecule has 8 heteroatoms. The van der Waals surface area contributed by atoms with Crippen LogP contribution >= 0.6 is 23.2 Å². The first-order chi connectivity index (χ1) is 15.9. The maximum absolute atomic E-state index is 13.6. The molecule has 6 nitrogen and oxygen atoms in total. The summed E-state index contributed by atoms with van der Waals surface area (Å²) in [5.74, 6) is 0.922. The predicted octanol–water partition coefficient (Wildman–Crippen LogP) is 6.25. The van der Waals surface area contributed by atoms with Crippen LogP contribution in [0, 0.1) is 5.92 Å². The fraction of sp³-hybridized carbons (Fsp3) is 0.360. The highest BCUT2D eigenvalue weighted by Gasteiger charge is 2.34. The number of ether oxygens (including phenoxy) is 1. The van der Waals surface area contributed by atoms with E-state index >= 15 is 0 Å². The Labute approximate surface area is 204 Å². The number of nitrogens with zero attached hydrogens (tertiary/aromatic N) is 3. The van der Waals surface area contributed by atoms with Crippen LogP contribution in [0.5, 0.6) is 11.6 Å². The number of benzene rings is 2. The maximum Gasteiger partial charge on any atom is 0.274 e. The third kappa shape index (κ3) is 4.88. The van der Waals surface area contributed by atoms with Crippen molar-refractivity contribution in [3.8, 4) is 17.3 Å². The molecule has 2 heterocycles. The van der Waals surface area contributed by atoms with E-state index in [4.69, 9.17) is 38.8 Å². The van der Waals surface area contributed by atoms with Gasteiger partial charge in [0, 0.05) is 24.2 Å². The van der Waals surface area contributed by atoms with E-state index in [2.05, 4.69) is 13.8 Å². The second-order valence-corrected chi connectivity index (χ2v) is 9.24. The lowest BCUT2D eigenvalue weighted by Gasteiger charge is -2.21. The van der Waals surface area contributed by atoms with Crippen molar-refractivity contribution < 1.29 is 9.53 Å². The quantitative estimate of drug-likeness (QED) is 0.427. The van der Waals surface area contributed by atoms with Crippen LogP contribution in [0.15, 0.2) is 48.5 Å². The Balaban J connectivity index is 1.93. The third-order valence-corrected chi connectivity index (χ3v) is 6.74. The lowest BCUT2D eigenvalue weighted by molar-refractivity contribution is 0.0784. The molecular weight excluding hydrogens is 459 g/mol. The minimum absolute atomic E-state index is 0.103. The summed E-state index contributed by atoms with van der Waals surface area (Å²) in [6.07, 6.45) is 2.81. The van der Waals surface area contributed by atoms with Gasteiger partial charge in [0.05, 0.1) is 16.3 Å². The van der Waals surface area contributed by atoms with Crippen molar-refractivity contribution in [2.75, 3.05) is 13.1 Å². The maximum atomic E-state index is 13.6. The SMILES string of the molecule is CCC(C)C(N)c1c(C(=O)N2CCCC2)nn(-c2ccccc2Cl)c1Oc1ccc(Cl)cc1. The van der Waals surface area contributed by atoms with Gasteiger partial charge in [0.2, 0.25) is 5.88 Å². The number of carbonyl (C=O) groups excluding carboxylic acids is 1. The predicted molar refractivity (Wildman–Crippen MR) is 132 cm³/mol. The van der Waals surface area contributed by atoms with E-state index in [1.165, 1.54) is 0 Å². The van der Waals surface area contributed by atoms with E-state index in [1.54, 1.807) is 35.0 Å². The first-order valence-electron chi connectivity index (χ1n) is 11.3. The third-order valence-electron chi connectivity index (χ3n) is 6.17. The van der Waals surface area contributed by atoms with Crippen LogP contribution in [-0.4, -0.2) is 33.7 Å². The number of nitrogens with two attached hydrogens (primary N) is 1. The van der Waals surface area contributed by atoms with Crippen LogP contribution in [0.4, 0.5) is 0 Å². The van der Waals surface area contributed by atoms with E-state index in [9.17, 15) is 4.79 Å². The second-order valence-electron chi connectivity index (χ2n) is 8.40. The standard InChI is InChI=1S/C25H28Cl2N4O2/c1-3-16(2)22(28)21-23(24(32)30-14-6-7-15-30)29-31(20-9-5-4-8-19(20)27)25(21)33-18-12-10-17(26)11-13-18/h4-5,8-13,16,22H,3,6-7,14-15,28H2,1-2H3. The van der Waals surface area contributed by atoms with Crippen LogP contribution in [0.2, 0.25) is 10.0 Å². The highest BCUT2D eigenvalue weighted by atomic mass is 35.5. The van der Waals surface area contributed by atoms with Crippen molar-refractivity contribution in [3.05, 3.63) is 69.8 Å². The van der Waals surface area contributed by atoms with Gasteiger partial charge in [-0.25, -0.2) is 0 Å². The van der Waals surface area contributed by atoms with Gasteiger partial charge >= 0.3 is 0 Å². The minimum atomic E-state index is -0.449. The molecule has 3 aromatic rings. The highest BCUT2D eigenvalue weighted by molar-refractivity contribution is 6.32. The normalized spacial score (nSPS) is 15.5. The summed E-state index contributed by atoms with van der Waals surface area (Å²) in [4.78, 5) is 15.4. The van der Waals surface area contributed by atoms with Crippen LogP contribution in [-0.2, 0) is 0 Å².